The molecule has 1 atom stereocenters. The number of aromatic nitrogens is 3. The van der Waals surface area contributed by atoms with Crippen LogP contribution in [-0.2, 0) is 21.5 Å². The van der Waals surface area contributed by atoms with Crippen molar-refractivity contribution < 1.29 is 13.3 Å². The molecular formula is C30H42N8O3S. The van der Waals surface area contributed by atoms with E-state index in [1.807, 2.05) is 30.3 Å². The van der Waals surface area contributed by atoms with Crippen LogP contribution >= 0.6 is 0 Å². The van der Waals surface area contributed by atoms with E-state index >= 15 is 0 Å². The fourth-order valence-electron chi connectivity index (χ4n) is 5.59. The van der Waals surface area contributed by atoms with E-state index in [-0.39, 0.29) is 11.5 Å². The van der Waals surface area contributed by atoms with Crippen molar-refractivity contribution in [1.82, 2.24) is 24.7 Å². The quantitative estimate of drug-likeness (QED) is 0.157. The molecular weight excluding hydrogens is 552 g/mol. The molecule has 12 heteroatoms. The average molecular weight is 595 g/mol. The molecule has 5 rings (SSSR count). The minimum absolute atomic E-state index is 0.0897. The van der Waals surface area contributed by atoms with Crippen LogP contribution in [0, 0.1) is 0 Å². The molecule has 2 aliphatic rings. The summed E-state index contributed by atoms with van der Waals surface area (Å²) >= 11 is 0. The summed E-state index contributed by atoms with van der Waals surface area (Å²) in [6.07, 6.45) is 9.51. The van der Waals surface area contributed by atoms with Crippen LogP contribution in [0.1, 0.15) is 63.9 Å². The molecule has 2 aromatic carbocycles. The van der Waals surface area contributed by atoms with Crippen LogP contribution in [0.3, 0.4) is 0 Å². The number of anilines is 4. The summed E-state index contributed by atoms with van der Waals surface area (Å²) in [4.78, 5) is 24.0. The van der Waals surface area contributed by atoms with Gasteiger partial charge in [-0.1, -0.05) is 67.8 Å². The van der Waals surface area contributed by atoms with Gasteiger partial charge in [0.15, 0.2) is 0 Å². The van der Waals surface area contributed by atoms with Crippen molar-refractivity contribution in [3.8, 4) is 0 Å². The summed E-state index contributed by atoms with van der Waals surface area (Å²) in [6, 6.07) is 16.5. The van der Waals surface area contributed by atoms with Gasteiger partial charge in [-0.25, -0.2) is 8.42 Å². The third-order valence-electron chi connectivity index (χ3n) is 7.90. The van der Waals surface area contributed by atoms with Gasteiger partial charge in [-0.15, -0.1) is 0 Å². The summed E-state index contributed by atoms with van der Waals surface area (Å²) in [5.74, 6) is 1.45. The van der Waals surface area contributed by atoms with Gasteiger partial charge >= 0.3 is 0 Å². The molecule has 1 saturated carbocycles. The molecule has 42 heavy (non-hydrogen) atoms. The van der Waals surface area contributed by atoms with Gasteiger partial charge < -0.3 is 16.0 Å². The molecule has 11 nitrogen and oxygen atoms in total. The largest absolute Gasteiger partial charge is 0.352 e. The Morgan fingerprint density at radius 2 is 1.57 bits per heavy atom. The topological polar surface area (TPSA) is 133 Å². The summed E-state index contributed by atoms with van der Waals surface area (Å²) < 4.78 is 25.4. The van der Waals surface area contributed by atoms with Gasteiger partial charge in [0.25, 0.3) is 10.0 Å². The number of sulfonamides is 1. The van der Waals surface area contributed by atoms with Crippen LogP contribution in [0.15, 0.2) is 59.5 Å². The minimum atomic E-state index is -3.84. The first-order chi connectivity index (χ1) is 20.5. The normalized spacial score (nSPS) is 18.5. The predicted molar refractivity (Wildman–Crippen MR) is 165 cm³/mol. The van der Waals surface area contributed by atoms with Gasteiger partial charge in [0.05, 0.1) is 11.5 Å². The van der Waals surface area contributed by atoms with Crippen LogP contribution in [-0.4, -0.2) is 60.0 Å². The van der Waals surface area contributed by atoms with Crippen molar-refractivity contribution in [2.75, 3.05) is 35.6 Å². The lowest BCUT2D eigenvalue weighted by molar-refractivity contribution is 0.0795. The number of likely N-dealkylation sites (N-methyl/N-ethyl adjacent to an activating group) is 1. The summed E-state index contributed by atoms with van der Waals surface area (Å²) in [5, 5.41) is 10.2. The standard InChI is InChI=1S/C30H42N8O3S/c1-2-38-20-10-15-26(38)21-31-28-34-29(32-24-13-8-3-4-9-14-24)36-30(35-28)33-25-16-18-27(19-17-25)42(39,40)37-41-22-23-11-6-5-7-12-23/h5-7,11-12,16-19,24,26,37H,2-4,8-10,13-15,20-22H2,1H3,(H3,31,32,33,34,35,36). The third-order valence-corrected chi connectivity index (χ3v) is 9.13. The monoisotopic (exact) mass is 594 g/mol. The van der Waals surface area contributed by atoms with Crippen LogP contribution < -0.4 is 20.8 Å². The van der Waals surface area contributed by atoms with E-state index in [2.05, 4.69) is 42.6 Å². The van der Waals surface area contributed by atoms with Crippen molar-refractivity contribution in [1.29, 1.82) is 0 Å². The zero-order valence-electron chi connectivity index (χ0n) is 24.3. The Morgan fingerprint density at radius 3 is 2.31 bits per heavy atom. The van der Waals surface area contributed by atoms with Crippen molar-refractivity contribution in [2.24, 2.45) is 0 Å². The first-order valence-corrected chi connectivity index (χ1v) is 16.5. The smallest absolute Gasteiger partial charge is 0.262 e. The second kappa shape index (κ2) is 14.7. The van der Waals surface area contributed by atoms with Crippen LogP contribution in [0.5, 0.6) is 0 Å². The highest BCUT2D eigenvalue weighted by Crippen LogP contribution is 2.23. The van der Waals surface area contributed by atoms with E-state index in [4.69, 9.17) is 9.82 Å². The molecule has 0 bridgehead atoms. The van der Waals surface area contributed by atoms with Gasteiger partial charge in [0, 0.05) is 24.3 Å². The Bertz CT molecular complexity index is 1370. The molecule has 226 valence electrons. The van der Waals surface area contributed by atoms with Gasteiger partial charge in [0.2, 0.25) is 17.8 Å². The van der Waals surface area contributed by atoms with E-state index in [1.165, 1.54) is 44.2 Å². The fourth-order valence-corrected chi connectivity index (χ4v) is 6.40. The third kappa shape index (κ3) is 8.60. The van der Waals surface area contributed by atoms with Crippen molar-refractivity contribution in [3.63, 3.8) is 0 Å². The summed E-state index contributed by atoms with van der Waals surface area (Å²) in [5.41, 5.74) is 1.52. The molecule has 1 aliphatic carbocycles. The molecule has 3 aromatic rings. The van der Waals surface area contributed by atoms with Crippen molar-refractivity contribution >= 4 is 33.6 Å². The predicted octanol–water partition coefficient (Wildman–Crippen LogP) is 5.06. The molecule has 2 heterocycles. The van der Waals surface area contributed by atoms with E-state index in [1.54, 1.807) is 12.1 Å². The molecule has 0 amide bonds. The van der Waals surface area contributed by atoms with Gasteiger partial charge in [-0.3, -0.25) is 9.74 Å². The molecule has 1 aliphatic heterocycles. The van der Waals surface area contributed by atoms with E-state index in [9.17, 15) is 8.42 Å². The maximum atomic E-state index is 12.7. The molecule has 1 aromatic heterocycles. The Hall–Kier alpha value is -3.32. The Balaban J connectivity index is 1.25. The second-order valence-electron chi connectivity index (χ2n) is 11.0. The van der Waals surface area contributed by atoms with E-state index in [0.717, 1.165) is 44.5 Å². The lowest BCUT2D eigenvalue weighted by Gasteiger charge is -2.23. The highest BCUT2D eigenvalue weighted by Gasteiger charge is 2.23. The molecule has 0 radical (unpaired) electrons. The highest BCUT2D eigenvalue weighted by atomic mass is 32.2. The second-order valence-corrected chi connectivity index (χ2v) is 12.6. The minimum Gasteiger partial charge on any atom is -0.352 e. The number of hydrogen-bond donors (Lipinski definition) is 4. The zero-order chi connectivity index (χ0) is 29.2. The first-order valence-electron chi connectivity index (χ1n) is 15.0. The number of nitrogens with one attached hydrogen (secondary N) is 4. The summed E-state index contributed by atoms with van der Waals surface area (Å²) in [6.45, 7) is 5.26. The highest BCUT2D eigenvalue weighted by molar-refractivity contribution is 7.89. The lowest BCUT2D eigenvalue weighted by atomic mass is 10.1. The van der Waals surface area contributed by atoms with Crippen LogP contribution in [0.4, 0.5) is 23.5 Å². The Morgan fingerprint density at radius 1 is 0.857 bits per heavy atom. The number of likely N-dealkylation sites (tertiary alicyclic amines) is 1. The molecule has 2 fully saturated rings. The Labute approximate surface area is 248 Å². The fraction of sp³-hybridized carbons (Fsp3) is 0.500. The maximum Gasteiger partial charge on any atom is 0.262 e. The van der Waals surface area contributed by atoms with Gasteiger partial charge in [-0.2, -0.15) is 15.0 Å². The van der Waals surface area contributed by atoms with Crippen LogP contribution in [0.25, 0.3) is 0 Å². The molecule has 1 unspecified atom stereocenters. The SMILES string of the molecule is CCN1CCCC1CNc1nc(Nc2ccc(S(=O)(=O)NOCc3ccccc3)cc2)nc(NC2CCCCCC2)n1. The number of hydrogen-bond acceptors (Lipinski definition) is 10. The maximum absolute atomic E-state index is 12.7. The Kier molecular flexibility index (Phi) is 10.6. The molecule has 1 saturated heterocycles. The molecule has 0 spiro atoms. The number of rotatable bonds is 13. The van der Waals surface area contributed by atoms with E-state index < -0.39 is 10.0 Å². The summed E-state index contributed by atoms with van der Waals surface area (Å²) in [7, 11) is -3.84. The lowest BCUT2D eigenvalue weighted by Crippen LogP contribution is -2.35. The zero-order valence-corrected chi connectivity index (χ0v) is 25.1. The first kappa shape index (κ1) is 30.1. The van der Waals surface area contributed by atoms with Crippen molar-refractivity contribution in [3.05, 3.63) is 60.2 Å². The van der Waals surface area contributed by atoms with E-state index in [0.29, 0.717) is 35.6 Å². The number of benzene rings is 2. The van der Waals surface area contributed by atoms with Gasteiger partial charge in [0.1, 0.15) is 0 Å². The molecule has 4 N–H and O–H groups in total. The number of nitrogens with zero attached hydrogens (tertiary/aromatic N) is 4. The van der Waals surface area contributed by atoms with Crippen LogP contribution in [0.2, 0.25) is 0 Å². The average Bonchev–Trinajstić information content (AvgIpc) is 3.31. The van der Waals surface area contributed by atoms with Gasteiger partial charge in [-0.05, 0) is 68.6 Å². The van der Waals surface area contributed by atoms with Crippen molar-refractivity contribution in [2.45, 2.75) is 81.9 Å².